The second-order valence-electron chi connectivity index (χ2n) is 6.00. The molecule has 2 unspecified atom stereocenters. The van der Waals surface area contributed by atoms with Crippen LogP contribution in [0.5, 0.6) is 0 Å². The summed E-state index contributed by atoms with van der Waals surface area (Å²) >= 11 is 11.2. The van der Waals surface area contributed by atoms with Gasteiger partial charge in [-0.1, -0.05) is 50.5 Å². The zero-order chi connectivity index (χ0) is 14.7. The van der Waals surface area contributed by atoms with Crippen molar-refractivity contribution < 1.29 is 0 Å². The van der Waals surface area contributed by atoms with Crippen molar-refractivity contribution in [2.24, 2.45) is 17.6 Å². The molecule has 1 fully saturated rings. The highest BCUT2D eigenvalue weighted by Gasteiger charge is 2.27. The number of thiocarbonyl (C=S) groups is 1. The lowest BCUT2D eigenvalue weighted by atomic mass is 9.78. The second kappa shape index (κ2) is 6.77. The minimum Gasteiger partial charge on any atom is -0.389 e. The highest BCUT2D eigenvalue weighted by Crippen LogP contribution is 2.33. The lowest BCUT2D eigenvalue weighted by Gasteiger charge is -2.35. The average Bonchev–Trinajstić information content (AvgIpc) is 2.38. The van der Waals surface area contributed by atoms with Crippen molar-refractivity contribution in [2.75, 3.05) is 5.32 Å². The maximum atomic E-state index is 6.23. The van der Waals surface area contributed by atoms with Crippen molar-refractivity contribution >= 4 is 34.5 Å². The van der Waals surface area contributed by atoms with E-state index in [1.807, 2.05) is 18.2 Å². The highest BCUT2D eigenvalue weighted by atomic mass is 35.5. The van der Waals surface area contributed by atoms with Crippen LogP contribution < -0.4 is 11.1 Å². The van der Waals surface area contributed by atoms with Crippen LogP contribution in [0, 0.1) is 11.8 Å². The molecule has 3 N–H and O–H groups in total. The summed E-state index contributed by atoms with van der Waals surface area (Å²) in [5, 5.41) is 4.28. The van der Waals surface area contributed by atoms with Gasteiger partial charge >= 0.3 is 0 Å². The van der Waals surface area contributed by atoms with Gasteiger partial charge in [-0.2, -0.15) is 0 Å². The molecule has 0 radical (unpaired) electrons. The molecule has 1 aliphatic rings. The average molecular weight is 311 g/mol. The molecular weight excluding hydrogens is 288 g/mol. The smallest absolute Gasteiger partial charge is 0.105 e. The summed E-state index contributed by atoms with van der Waals surface area (Å²) in [6.07, 6.45) is 5.20. The summed E-state index contributed by atoms with van der Waals surface area (Å²) < 4.78 is 0. The Labute approximate surface area is 132 Å². The Hall–Kier alpha value is -0.800. The van der Waals surface area contributed by atoms with E-state index in [9.17, 15) is 0 Å². The van der Waals surface area contributed by atoms with E-state index in [4.69, 9.17) is 29.6 Å². The minimum absolute atomic E-state index is 0.347. The van der Waals surface area contributed by atoms with Crippen LogP contribution in [0.15, 0.2) is 18.2 Å². The number of benzene rings is 1. The summed E-state index contributed by atoms with van der Waals surface area (Å²) in [5.74, 6) is 1.44. The summed E-state index contributed by atoms with van der Waals surface area (Å²) in [7, 11) is 0. The maximum Gasteiger partial charge on any atom is 0.105 e. The van der Waals surface area contributed by atoms with E-state index in [0.29, 0.717) is 22.0 Å². The Morgan fingerprint density at radius 1 is 1.35 bits per heavy atom. The molecule has 20 heavy (non-hydrogen) atoms. The van der Waals surface area contributed by atoms with Gasteiger partial charge in [0.25, 0.3) is 0 Å². The van der Waals surface area contributed by atoms with E-state index in [0.717, 1.165) is 17.2 Å². The molecule has 2 rings (SSSR count). The minimum atomic E-state index is 0.347. The third-order valence-electron chi connectivity index (χ3n) is 4.26. The number of hydrogen-bond acceptors (Lipinski definition) is 2. The molecule has 1 aromatic rings. The Bertz CT molecular complexity index is 487. The van der Waals surface area contributed by atoms with Crippen LogP contribution in [0.25, 0.3) is 0 Å². The number of nitrogens with one attached hydrogen (secondary N) is 1. The monoisotopic (exact) mass is 310 g/mol. The molecule has 4 heteroatoms. The van der Waals surface area contributed by atoms with Crippen molar-refractivity contribution in [3.05, 3.63) is 28.8 Å². The van der Waals surface area contributed by atoms with Gasteiger partial charge in [0.15, 0.2) is 0 Å². The largest absolute Gasteiger partial charge is 0.389 e. The van der Waals surface area contributed by atoms with Crippen molar-refractivity contribution in [3.8, 4) is 0 Å². The first kappa shape index (κ1) is 15.6. The first-order valence-corrected chi connectivity index (χ1v) is 8.13. The second-order valence-corrected chi connectivity index (χ2v) is 6.85. The van der Waals surface area contributed by atoms with E-state index in [-0.39, 0.29) is 0 Å². The highest BCUT2D eigenvalue weighted by molar-refractivity contribution is 7.80. The van der Waals surface area contributed by atoms with Gasteiger partial charge in [-0.05, 0) is 42.9 Å². The molecule has 1 saturated carbocycles. The third kappa shape index (κ3) is 3.64. The Morgan fingerprint density at radius 2 is 2.05 bits per heavy atom. The summed E-state index contributed by atoms with van der Waals surface area (Å²) in [4.78, 5) is 0.347. The van der Waals surface area contributed by atoms with Crippen LogP contribution in [-0.4, -0.2) is 11.0 Å². The van der Waals surface area contributed by atoms with Crippen molar-refractivity contribution in [2.45, 2.75) is 45.6 Å². The fourth-order valence-electron chi connectivity index (χ4n) is 3.16. The van der Waals surface area contributed by atoms with E-state index in [2.05, 4.69) is 19.2 Å². The van der Waals surface area contributed by atoms with E-state index in [1.165, 1.54) is 25.7 Å². The van der Waals surface area contributed by atoms with Crippen LogP contribution in [0.3, 0.4) is 0 Å². The number of hydrogen-bond donors (Lipinski definition) is 2. The predicted molar refractivity (Wildman–Crippen MR) is 91.5 cm³/mol. The molecule has 2 nitrogen and oxygen atoms in total. The van der Waals surface area contributed by atoms with Crippen LogP contribution in [0.1, 0.15) is 45.1 Å². The van der Waals surface area contributed by atoms with E-state index in [1.54, 1.807) is 0 Å². The van der Waals surface area contributed by atoms with Gasteiger partial charge in [0.1, 0.15) is 4.99 Å². The fourth-order valence-corrected chi connectivity index (χ4v) is 3.67. The molecule has 1 aliphatic carbocycles. The standard InChI is InChI=1S/C16H23ClN2S/c1-10(2)12-5-3-4-6-15(12)19-11-7-8-13(16(18)20)14(17)9-11/h7-10,12,15,19H,3-6H2,1-2H3,(H2,18,20). The first-order valence-electron chi connectivity index (χ1n) is 7.35. The summed E-state index contributed by atoms with van der Waals surface area (Å²) in [6.45, 7) is 4.63. The van der Waals surface area contributed by atoms with Crippen LogP contribution in [0.2, 0.25) is 5.02 Å². The molecule has 1 aromatic carbocycles. The normalized spacial score (nSPS) is 22.8. The van der Waals surface area contributed by atoms with E-state index < -0.39 is 0 Å². The van der Waals surface area contributed by atoms with Crippen LogP contribution >= 0.6 is 23.8 Å². The molecular formula is C16H23ClN2S. The van der Waals surface area contributed by atoms with Crippen molar-refractivity contribution in [1.29, 1.82) is 0 Å². The van der Waals surface area contributed by atoms with Crippen LogP contribution in [-0.2, 0) is 0 Å². The number of anilines is 1. The predicted octanol–water partition coefficient (Wildman–Crippen LogP) is 4.60. The topological polar surface area (TPSA) is 38.0 Å². The molecule has 0 amide bonds. The molecule has 2 atom stereocenters. The van der Waals surface area contributed by atoms with Gasteiger partial charge in [0.2, 0.25) is 0 Å². The van der Waals surface area contributed by atoms with Gasteiger partial charge in [-0.15, -0.1) is 0 Å². The SMILES string of the molecule is CC(C)C1CCCCC1Nc1ccc(C(N)=S)c(Cl)c1. The van der Waals surface area contributed by atoms with Gasteiger partial charge in [0, 0.05) is 17.3 Å². The summed E-state index contributed by atoms with van der Waals surface area (Å²) in [6, 6.07) is 6.39. The van der Waals surface area contributed by atoms with Crippen LogP contribution in [0.4, 0.5) is 5.69 Å². The first-order chi connectivity index (χ1) is 9.49. The van der Waals surface area contributed by atoms with Gasteiger partial charge in [0.05, 0.1) is 5.02 Å². The Morgan fingerprint density at radius 3 is 2.65 bits per heavy atom. The zero-order valence-corrected chi connectivity index (χ0v) is 13.7. The van der Waals surface area contributed by atoms with Crippen molar-refractivity contribution in [3.63, 3.8) is 0 Å². The fraction of sp³-hybridized carbons (Fsp3) is 0.562. The van der Waals surface area contributed by atoms with Gasteiger partial charge in [-0.25, -0.2) is 0 Å². The maximum absolute atomic E-state index is 6.23. The number of rotatable bonds is 4. The third-order valence-corrected chi connectivity index (χ3v) is 4.79. The van der Waals surface area contributed by atoms with Crippen molar-refractivity contribution in [1.82, 2.24) is 0 Å². The molecule has 0 aliphatic heterocycles. The Balaban J connectivity index is 2.12. The number of nitrogens with two attached hydrogens (primary N) is 1. The lowest BCUT2D eigenvalue weighted by molar-refractivity contribution is 0.254. The molecule has 0 aromatic heterocycles. The zero-order valence-electron chi connectivity index (χ0n) is 12.2. The molecule has 0 bridgehead atoms. The van der Waals surface area contributed by atoms with Gasteiger partial charge in [-0.3, -0.25) is 0 Å². The molecule has 0 spiro atoms. The molecule has 0 heterocycles. The van der Waals surface area contributed by atoms with Gasteiger partial charge < -0.3 is 11.1 Å². The molecule has 0 saturated heterocycles. The molecule has 110 valence electrons. The van der Waals surface area contributed by atoms with E-state index >= 15 is 0 Å². The Kier molecular flexibility index (Phi) is 5.28. The lowest BCUT2D eigenvalue weighted by Crippen LogP contribution is -2.35. The summed E-state index contributed by atoms with van der Waals surface area (Å²) in [5.41, 5.74) is 7.45. The quantitative estimate of drug-likeness (QED) is 0.798. The number of halogens is 1.